The van der Waals surface area contributed by atoms with Gasteiger partial charge in [-0.05, 0) is 36.4 Å². The summed E-state index contributed by atoms with van der Waals surface area (Å²) in [7, 11) is 0. The van der Waals surface area contributed by atoms with Crippen LogP contribution < -0.4 is 5.73 Å². The summed E-state index contributed by atoms with van der Waals surface area (Å²) >= 11 is 12.1. The van der Waals surface area contributed by atoms with Crippen LogP contribution in [-0.4, -0.2) is 9.55 Å². The Morgan fingerprint density at radius 1 is 1.06 bits per heavy atom. The molecule has 0 aliphatic carbocycles. The molecular formula is C13H9Cl2N3. The molecule has 0 saturated heterocycles. The predicted octanol–water partition coefficient (Wildman–Crippen LogP) is 3.91. The summed E-state index contributed by atoms with van der Waals surface area (Å²) in [6.45, 7) is 0. The quantitative estimate of drug-likeness (QED) is 0.686. The smallest absolute Gasteiger partial charge is 0.100 e. The highest BCUT2D eigenvalue weighted by molar-refractivity contribution is 6.35. The van der Waals surface area contributed by atoms with Crippen LogP contribution in [0, 0.1) is 0 Å². The van der Waals surface area contributed by atoms with Crippen LogP contribution in [0.2, 0.25) is 10.0 Å². The largest absolute Gasteiger partial charge is 0.399 e. The standard InChI is InChI=1S/C13H9Cl2N3/c14-8-1-3-12(10(15)5-8)18-7-17-11-6-9(16)2-4-13(11)18/h1-7H,16H2. The molecule has 90 valence electrons. The molecule has 18 heavy (non-hydrogen) atoms. The Bertz CT molecular complexity index is 734. The minimum atomic E-state index is 0.582. The molecular weight excluding hydrogens is 269 g/mol. The van der Waals surface area contributed by atoms with Gasteiger partial charge >= 0.3 is 0 Å². The van der Waals surface area contributed by atoms with E-state index in [9.17, 15) is 0 Å². The summed E-state index contributed by atoms with van der Waals surface area (Å²) < 4.78 is 1.91. The third kappa shape index (κ3) is 1.82. The van der Waals surface area contributed by atoms with Crippen molar-refractivity contribution >= 4 is 39.9 Å². The molecule has 3 rings (SSSR count). The van der Waals surface area contributed by atoms with Gasteiger partial charge in [0.2, 0.25) is 0 Å². The maximum atomic E-state index is 6.19. The van der Waals surface area contributed by atoms with Crippen LogP contribution in [0.4, 0.5) is 5.69 Å². The number of benzene rings is 2. The number of anilines is 1. The van der Waals surface area contributed by atoms with E-state index in [4.69, 9.17) is 28.9 Å². The first-order valence-electron chi connectivity index (χ1n) is 5.33. The predicted molar refractivity (Wildman–Crippen MR) is 75.5 cm³/mol. The summed E-state index contributed by atoms with van der Waals surface area (Å²) in [5, 5.41) is 1.19. The van der Waals surface area contributed by atoms with Gasteiger partial charge in [0.15, 0.2) is 0 Å². The highest BCUT2D eigenvalue weighted by Crippen LogP contribution is 2.27. The molecule has 0 unspecified atom stereocenters. The molecule has 2 aromatic carbocycles. The number of halogens is 2. The number of fused-ring (bicyclic) bond motifs is 1. The summed E-state index contributed by atoms with van der Waals surface area (Å²) in [6, 6.07) is 11.0. The third-order valence-corrected chi connectivity index (χ3v) is 3.28. The number of hydrogen-bond acceptors (Lipinski definition) is 2. The number of rotatable bonds is 1. The lowest BCUT2D eigenvalue weighted by Crippen LogP contribution is -1.93. The van der Waals surface area contributed by atoms with E-state index in [1.807, 2.05) is 28.8 Å². The monoisotopic (exact) mass is 277 g/mol. The van der Waals surface area contributed by atoms with Crippen LogP contribution in [-0.2, 0) is 0 Å². The lowest BCUT2D eigenvalue weighted by molar-refractivity contribution is 1.09. The van der Waals surface area contributed by atoms with Gasteiger partial charge in [0.1, 0.15) is 6.33 Å². The van der Waals surface area contributed by atoms with E-state index in [-0.39, 0.29) is 0 Å². The van der Waals surface area contributed by atoms with Crippen molar-refractivity contribution in [3.8, 4) is 5.69 Å². The molecule has 0 atom stereocenters. The third-order valence-electron chi connectivity index (χ3n) is 2.74. The van der Waals surface area contributed by atoms with Crippen molar-refractivity contribution < 1.29 is 0 Å². The zero-order valence-electron chi connectivity index (χ0n) is 9.27. The van der Waals surface area contributed by atoms with Crippen LogP contribution in [0.15, 0.2) is 42.7 Å². The zero-order valence-corrected chi connectivity index (χ0v) is 10.8. The van der Waals surface area contributed by atoms with Gasteiger partial charge in [-0.2, -0.15) is 0 Å². The van der Waals surface area contributed by atoms with Gasteiger partial charge in [-0.3, -0.25) is 4.57 Å². The molecule has 3 aromatic rings. The Balaban J connectivity index is 2.25. The van der Waals surface area contributed by atoms with E-state index in [1.165, 1.54) is 0 Å². The molecule has 0 amide bonds. The Hall–Kier alpha value is -1.71. The van der Waals surface area contributed by atoms with Crippen molar-refractivity contribution in [1.82, 2.24) is 9.55 Å². The van der Waals surface area contributed by atoms with Crippen molar-refractivity contribution in [3.05, 3.63) is 52.8 Å². The number of nitrogens with zero attached hydrogens (tertiary/aromatic N) is 2. The average Bonchev–Trinajstić information content (AvgIpc) is 2.72. The maximum absolute atomic E-state index is 6.19. The average molecular weight is 278 g/mol. The van der Waals surface area contributed by atoms with Crippen molar-refractivity contribution in [2.75, 3.05) is 5.73 Å². The molecule has 3 nitrogen and oxygen atoms in total. The second kappa shape index (κ2) is 4.19. The Morgan fingerprint density at radius 3 is 2.67 bits per heavy atom. The Labute approximate surface area is 114 Å². The molecule has 2 N–H and O–H groups in total. The maximum Gasteiger partial charge on any atom is 0.100 e. The van der Waals surface area contributed by atoms with Gasteiger partial charge in [0.25, 0.3) is 0 Å². The molecule has 0 aliphatic rings. The second-order valence-electron chi connectivity index (χ2n) is 3.96. The van der Waals surface area contributed by atoms with Crippen LogP contribution in [0.3, 0.4) is 0 Å². The molecule has 5 heteroatoms. The van der Waals surface area contributed by atoms with Gasteiger partial charge in [-0.15, -0.1) is 0 Å². The molecule has 0 radical (unpaired) electrons. The van der Waals surface area contributed by atoms with Crippen molar-refractivity contribution in [3.63, 3.8) is 0 Å². The van der Waals surface area contributed by atoms with Crippen molar-refractivity contribution in [1.29, 1.82) is 0 Å². The topological polar surface area (TPSA) is 43.8 Å². The van der Waals surface area contributed by atoms with Crippen molar-refractivity contribution in [2.24, 2.45) is 0 Å². The molecule has 0 spiro atoms. The number of aromatic nitrogens is 2. The highest BCUT2D eigenvalue weighted by Gasteiger charge is 2.08. The first-order chi connectivity index (χ1) is 8.65. The van der Waals surface area contributed by atoms with E-state index >= 15 is 0 Å². The minimum Gasteiger partial charge on any atom is -0.399 e. The van der Waals surface area contributed by atoms with Crippen LogP contribution in [0.25, 0.3) is 16.7 Å². The van der Waals surface area contributed by atoms with E-state index in [1.54, 1.807) is 18.5 Å². The fraction of sp³-hybridized carbons (Fsp3) is 0. The SMILES string of the molecule is Nc1ccc2c(c1)ncn2-c1ccc(Cl)cc1Cl. The Morgan fingerprint density at radius 2 is 1.89 bits per heavy atom. The van der Waals surface area contributed by atoms with Crippen LogP contribution in [0.5, 0.6) is 0 Å². The summed E-state index contributed by atoms with van der Waals surface area (Å²) in [4.78, 5) is 4.31. The number of nitrogens with two attached hydrogens (primary N) is 1. The van der Waals surface area contributed by atoms with Gasteiger partial charge in [0, 0.05) is 10.7 Å². The normalized spacial score (nSPS) is 11.0. The molecule has 0 aliphatic heterocycles. The lowest BCUT2D eigenvalue weighted by atomic mass is 10.2. The summed E-state index contributed by atoms with van der Waals surface area (Å²) in [5.74, 6) is 0. The molecule has 1 aromatic heterocycles. The van der Waals surface area contributed by atoms with Crippen LogP contribution >= 0.6 is 23.2 Å². The summed E-state index contributed by atoms with van der Waals surface area (Å²) in [5.41, 5.74) is 9.05. The molecule has 0 fully saturated rings. The van der Waals surface area contributed by atoms with Gasteiger partial charge in [0.05, 0.1) is 21.7 Å². The van der Waals surface area contributed by atoms with Crippen LogP contribution in [0.1, 0.15) is 0 Å². The summed E-state index contributed by atoms with van der Waals surface area (Å²) in [6.07, 6.45) is 1.72. The Kier molecular flexibility index (Phi) is 2.65. The van der Waals surface area contributed by atoms with Gasteiger partial charge < -0.3 is 5.73 Å². The lowest BCUT2D eigenvalue weighted by Gasteiger charge is -2.07. The fourth-order valence-corrected chi connectivity index (χ4v) is 2.40. The van der Waals surface area contributed by atoms with Crippen molar-refractivity contribution in [2.45, 2.75) is 0 Å². The van der Waals surface area contributed by atoms with Gasteiger partial charge in [-0.1, -0.05) is 23.2 Å². The number of hydrogen-bond donors (Lipinski definition) is 1. The van der Waals surface area contributed by atoms with Gasteiger partial charge in [-0.25, -0.2) is 4.98 Å². The highest BCUT2D eigenvalue weighted by atomic mass is 35.5. The molecule has 1 heterocycles. The minimum absolute atomic E-state index is 0.582. The zero-order chi connectivity index (χ0) is 12.7. The number of nitrogen functional groups attached to an aromatic ring is 1. The molecule has 0 saturated carbocycles. The van der Waals surface area contributed by atoms with E-state index in [0.717, 1.165) is 16.7 Å². The molecule has 0 bridgehead atoms. The second-order valence-corrected chi connectivity index (χ2v) is 4.80. The first-order valence-corrected chi connectivity index (χ1v) is 6.09. The first kappa shape index (κ1) is 11.4. The van der Waals surface area contributed by atoms with E-state index in [2.05, 4.69) is 4.98 Å². The van der Waals surface area contributed by atoms with E-state index in [0.29, 0.717) is 15.7 Å². The van der Waals surface area contributed by atoms with E-state index < -0.39 is 0 Å². The fourth-order valence-electron chi connectivity index (χ4n) is 1.90. The number of imidazole rings is 1.